The van der Waals surface area contributed by atoms with Gasteiger partial charge in [0.2, 0.25) is 6.79 Å². The van der Waals surface area contributed by atoms with Crippen molar-refractivity contribution in [3.8, 4) is 11.5 Å². The highest BCUT2D eigenvalue weighted by Gasteiger charge is 2.16. The average Bonchev–Trinajstić information content (AvgIpc) is 3.19. The minimum Gasteiger partial charge on any atom is -0.454 e. The van der Waals surface area contributed by atoms with Gasteiger partial charge in [-0.15, -0.1) is 0 Å². The van der Waals surface area contributed by atoms with E-state index < -0.39 is 0 Å². The van der Waals surface area contributed by atoms with Crippen LogP contribution < -0.4 is 14.9 Å². The summed E-state index contributed by atoms with van der Waals surface area (Å²) in [5, 5.41) is 4.95. The molecule has 1 amide bonds. The van der Waals surface area contributed by atoms with Gasteiger partial charge in [0, 0.05) is 34.2 Å². The minimum absolute atomic E-state index is 0.209. The Kier molecular flexibility index (Phi) is 3.93. The molecule has 6 nitrogen and oxygen atoms in total. The van der Waals surface area contributed by atoms with E-state index in [2.05, 4.69) is 26.5 Å². The number of ether oxygens (including phenoxy) is 2. The first-order valence-electron chi connectivity index (χ1n) is 7.60. The highest BCUT2D eigenvalue weighted by Crippen LogP contribution is 2.36. The Hall–Kier alpha value is -2.80. The van der Waals surface area contributed by atoms with Gasteiger partial charge in [0.05, 0.1) is 11.8 Å². The molecule has 1 aromatic heterocycles. The van der Waals surface area contributed by atoms with Gasteiger partial charge in [0.15, 0.2) is 11.5 Å². The van der Waals surface area contributed by atoms with Crippen LogP contribution in [0.4, 0.5) is 0 Å². The Bertz CT molecular complexity index is 1010. The van der Waals surface area contributed by atoms with Crippen LogP contribution in [-0.2, 0) is 7.05 Å². The highest BCUT2D eigenvalue weighted by atomic mass is 79.9. The van der Waals surface area contributed by atoms with Gasteiger partial charge in [-0.05, 0) is 34.1 Å². The van der Waals surface area contributed by atoms with Gasteiger partial charge in [0.1, 0.15) is 0 Å². The van der Waals surface area contributed by atoms with Gasteiger partial charge in [-0.3, -0.25) is 4.79 Å². The standard InChI is InChI=1S/C18H14BrN3O3/c1-22-9-13(12-4-2-3-5-15(12)22)18(23)21-20-8-11-6-16-17(7-14(11)19)25-10-24-16/h2-9H,10H2,1H3,(H,21,23). The van der Waals surface area contributed by atoms with Crippen molar-refractivity contribution in [1.82, 2.24) is 9.99 Å². The van der Waals surface area contributed by atoms with E-state index in [1.54, 1.807) is 18.5 Å². The fourth-order valence-corrected chi connectivity index (χ4v) is 3.20. The number of amides is 1. The second kappa shape index (κ2) is 6.25. The Morgan fingerprint density at radius 1 is 1.28 bits per heavy atom. The molecule has 2 aromatic carbocycles. The molecule has 7 heteroatoms. The van der Waals surface area contributed by atoms with E-state index in [-0.39, 0.29) is 12.7 Å². The maximum absolute atomic E-state index is 12.4. The van der Waals surface area contributed by atoms with E-state index in [0.717, 1.165) is 20.9 Å². The Morgan fingerprint density at radius 2 is 2.04 bits per heavy atom. The third kappa shape index (κ3) is 2.87. The largest absolute Gasteiger partial charge is 0.454 e. The number of carbonyl (C=O) groups is 1. The number of hydrogen-bond acceptors (Lipinski definition) is 4. The van der Waals surface area contributed by atoms with Crippen LogP contribution >= 0.6 is 15.9 Å². The number of halogens is 1. The molecule has 0 spiro atoms. The molecule has 0 saturated heterocycles. The molecule has 0 atom stereocenters. The van der Waals surface area contributed by atoms with Crippen molar-refractivity contribution in [2.24, 2.45) is 12.1 Å². The zero-order valence-electron chi connectivity index (χ0n) is 13.3. The number of aryl methyl sites for hydroxylation is 1. The molecule has 0 radical (unpaired) electrons. The second-order valence-corrected chi connectivity index (χ2v) is 6.45. The molecule has 0 unspecified atom stereocenters. The van der Waals surface area contributed by atoms with Crippen LogP contribution in [-0.4, -0.2) is 23.5 Å². The maximum Gasteiger partial charge on any atom is 0.273 e. The number of nitrogens with zero attached hydrogens (tertiary/aromatic N) is 2. The van der Waals surface area contributed by atoms with E-state index >= 15 is 0 Å². The van der Waals surface area contributed by atoms with E-state index in [9.17, 15) is 4.79 Å². The fraction of sp³-hybridized carbons (Fsp3) is 0.111. The lowest BCUT2D eigenvalue weighted by Gasteiger charge is -2.02. The summed E-state index contributed by atoms with van der Waals surface area (Å²) >= 11 is 3.46. The van der Waals surface area contributed by atoms with Gasteiger partial charge in [-0.25, -0.2) is 5.43 Å². The number of hydrazone groups is 1. The average molecular weight is 400 g/mol. The molecule has 0 bridgehead atoms. The molecule has 126 valence electrons. The van der Waals surface area contributed by atoms with Crippen molar-refractivity contribution >= 4 is 39.0 Å². The van der Waals surface area contributed by atoms with Crippen molar-refractivity contribution < 1.29 is 14.3 Å². The monoisotopic (exact) mass is 399 g/mol. The summed E-state index contributed by atoms with van der Waals surface area (Å²) in [7, 11) is 1.91. The summed E-state index contributed by atoms with van der Waals surface area (Å²) in [4.78, 5) is 12.4. The van der Waals surface area contributed by atoms with Crippen LogP contribution in [0.3, 0.4) is 0 Å². The van der Waals surface area contributed by atoms with Crippen LogP contribution in [0.2, 0.25) is 0 Å². The number of para-hydroxylation sites is 1. The van der Waals surface area contributed by atoms with Gasteiger partial charge < -0.3 is 14.0 Å². The Morgan fingerprint density at radius 3 is 2.88 bits per heavy atom. The molecular formula is C18H14BrN3O3. The van der Waals surface area contributed by atoms with Gasteiger partial charge in [-0.2, -0.15) is 5.10 Å². The zero-order chi connectivity index (χ0) is 17.4. The fourth-order valence-electron chi connectivity index (χ4n) is 2.78. The molecule has 3 aromatic rings. The zero-order valence-corrected chi connectivity index (χ0v) is 14.9. The third-order valence-corrected chi connectivity index (χ3v) is 4.69. The molecule has 1 aliphatic heterocycles. The van der Waals surface area contributed by atoms with Crippen LogP contribution in [0.1, 0.15) is 15.9 Å². The van der Waals surface area contributed by atoms with E-state index in [1.807, 2.05) is 41.9 Å². The quantitative estimate of drug-likeness (QED) is 0.541. The summed E-state index contributed by atoms with van der Waals surface area (Å²) in [5.74, 6) is 1.08. The number of rotatable bonds is 3. The SMILES string of the molecule is Cn1cc(C(=O)NN=Cc2cc3c(cc2Br)OCO3)c2ccccc21. The van der Waals surface area contributed by atoms with E-state index in [4.69, 9.17) is 9.47 Å². The molecule has 4 rings (SSSR count). The molecule has 1 N–H and O–H groups in total. The number of aromatic nitrogens is 1. The Balaban J connectivity index is 1.55. The van der Waals surface area contributed by atoms with E-state index in [1.165, 1.54) is 0 Å². The number of carbonyl (C=O) groups excluding carboxylic acids is 1. The molecule has 0 saturated carbocycles. The number of hydrogen-bond donors (Lipinski definition) is 1. The summed E-state index contributed by atoms with van der Waals surface area (Å²) in [6.07, 6.45) is 3.36. The first-order valence-corrected chi connectivity index (χ1v) is 8.39. The molecule has 2 heterocycles. The van der Waals surface area contributed by atoms with Crippen molar-refractivity contribution in [2.45, 2.75) is 0 Å². The van der Waals surface area contributed by atoms with Crippen molar-refractivity contribution in [2.75, 3.05) is 6.79 Å². The second-order valence-electron chi connectivity index (χ2n) is 5.60. The van der Waals surface area contributed by atoms with Gasteiger partial charge in [0.25, 0.3) is 5.91 Å². The topological polar surface area (TPSA) is 64.9 Å². The lowest BCUT2D eigenvalue weighted by Crippen LogP contribution is -2.17. The Labute approximate surface area is 152 Å². The minimum atomic E-state index is -0.259. The third-order valence-electron chi connectivity index (χ3n) is 4.00. The van der Waals surface area contributed by atoms with Crippen LogP contribution in [0.5, 0.6) is 11.5 Å². The smallest absolute Gasteiger partial charge is 0.273 e. The van der Waals surface area contributed by atoms with Crippen LogP contribution in [0.15, 0.2) is 52.2 Å². The summed E-state index contributed by atoms with van der Waals surface area (Å²) in [5.41, 5.74) is 4.93. The molecule has 1 aliphatic rings. The number of fused-ring (bicyclic) bond motifs is 2. The van der Waals surface area contributed by atoms with Gasteiger partial charge >= 0.3 is 0 Å². The van der Waals surface area contributed by atoms with E-state index in [0.29, 0.717) is 17.1 Å². The maximum atomic E-state index is 12.4. The normalized spacial score (nSPS) is 12.9. The van der Waals surface area contributed by atoms with Crippen molar-refractivity contribution in [1.29, 1.82) is 0 Å². The predicted molar refractivity (Wildman–Crippen MR) is 98.2 cm³/mol. The highest BCUT2D eigenvalue weighted by molar-refractivity contribution is 9.10. The predicted octanol–water partition coefficient (Wildman–Crippen LogP) is 3.43. The summed E-state index contributed by atoms with van der Waals surface area (Å²) in [6.45, 7) is 0.209. The first-order chi connectivity index (χ1) is 12.1. The molecule has 0 aliphatic carbocycles. The molecular weight excluding hydrogens is 386 g/mol. The van der Waals surface area contributed by atoms with Crippen molar-refractivity contribution in [3.05, 3.63) is 58.2 Å². The van der Waals surface area contributed by atoms with Crippen LogP contribution in [0, 0.1) is 0 Å². The number of nitrogens with one attached hydrogen (secondary N) is 1. The summed E-state index contributed by atoms with van der Waals surface area (Å²) in [6, 6.07) is 11.4. The molecule has 25 heavy (non-hydrogen) atoms. The van der Waals surface area contributed by atoms with Gasteiger partial charge in [-0.1, -0.05) is 18.2 Å². The first kappa shape index (κ1) is 15.7. The summed E-state index contributed by atoms with van der Waals surface area (Å²) < 4.78 is 13.4. The molecule has 0 fully saturated rings. The van der Waals surface area contributed by atoms with Crippen LogP contribution in [0.25, 0.3) is 10.9 Å². The lowest BCUT2D eigenvalue weighted by atomic mass is 10.2. The number of benzene rings is 2. The lowest BCUT2D eigenvalue weighted by molar-refractivity contribution is 0.0956. The van der Waals surface area contributed by atoms with Crippen molar-refractivity contribution in [3.63, 3.8) is 0 Å².